The van der Waals surface area contributed by atoms with Crippen LogP contribution >= 0.6 is 0 Å². The number of anilines is 2. The minimum atomic E-state index is -0.308. The second-order valence-electron chi connectivity index (χ2n) is 7.88. The van der Waals surface area contributed by atoms with Gasteiger partial charge in [-0.2, -0.15) is 4.98 Å². The fourth-order valence-electron chi connectivity index (χ4n) is 4.33. The van der Waals surface area contributed by atoms with Gasteiger partial charge in [-0.3, -0.25) is 9.78 Å². The first-order valence-electron chi connectivity index (χ1n) is 10.7. The highest BCUT2D eigenvalue weighted by Crippen LogP contribution is 2.28. The molecule has 1 N–H and O–H groups in total. The third kappa shape index (κ3) is 4.75. The number of aromatic amines is 1. The number of rotatable bonds is 5. The molecule has 1 aromatic carbocycles. The molecule has 0 bridgehead atoms. The van der Waals surface area contributed by atoms with Gasteiger partial charge >= 0.3 is 0 Å². The van der Waals surface area contributed by atoms with Crippen LogP contribution in [0, 0.1) is 5.82 Å². The van der Waals surface area contributed by atoms with E-state index in [1.807, 2.05) is 0 Å². The van der Waals surface area contributed by atoms with Crippen LogP contribution in [0.5, 0.6) is 5.75 Å². The zero-order chi connectivity index (χ0) is 20.9. The highest BCUT2D eigenvalue weighted by Gasteiger charge is 2.26. The highest BCUT2D eigenvalue weighted by atomic mass is 19.1. The molecule has 3 heterocycles. The lowest BCUT2D eigenvalue weighted by atomic mass is 10.00. The summed E-state index contributed by atoms with van der Waals surface area (Å²) in [7, 11) is 1.56. The van der Waals surface area contributed by atoms with Crippen molar-refractivity contribution in [3.8, 4) is 5.75 Å². The summed E-state index contributed by atoms with van der Waals surface area (Å²) in [6.45, 7) is 3.56. The first kappa shape index (κ1) is 20.7. The number of methoxy groups -OCH3 is 1. The number of nitrogens with one attached hydrogen (secondary N) is 1. The summed E-state index contributed by atoms with van der Waals surface area (Å²) in [6.07, 6.45) is 4.97. The van der Waals surface area contributed by atoms with Gasteiger partial charge in [-0.15, -0.1) is 0 Å². The van der Waals surface area contributed by atoms with Crippen molar-refractivity contribution in [1.29, 1.82) is 0 Å². The predicted octanol–water partition coefficient (Wildman–Crippen LogP) is 2.75. The van der Waals surface area contributed by atoms with E-state index >= 15 is 0 Å². The summed E-state index contributed by atoms with van der Waals surface area (Å²) in [5.74, 6) is 1.55. The minimum absolute atomic E-state index is 0.148. The summed E-state index contributed by atoms with van der Waals surface area (Å²) in [5.41, 5.74) is 0.811. The SMILES string of the molecule is COc1cc(F)ccc1CC1CCCCCN1c1nc(N2CCOCC2)cc(=O)[nH]1. The number of nitrogens with zero attached hydrogens (tertiary/aromatic N) is 3. The van der Waals surface area contributed by atoms with Crippen LogP contribution in [0.2, 0.25) is 0 Å². The lowest BCUT2D eigenvalue weighted by Gasteiger charge is -2.33. The Morgan fingerprint density at radius 3 is 2.83 bits per heavy atom. The molecular formula is C22H29FN4O3. The monoisotopic (exact) mass is 416 g/mol. The molecule has 7 nitrogen and oxygen atoms in total. The number of benzene rings is 1. The molecule has 0 saturated carbocycles. The molecule has 0 amide bonds. The van der Waals surface area contributed by atoms with Crippen LogP contribution in [-0.4, -0.2) is 56.0 Å². The summed E-state index contributed by atoms with van der Waals surface area (Å²) < 4.78 is 24.5. The van der Waals surface area contributed by atoms with E-state index in [-0.39, 0.29) is 17.4 Å². The zero-order valence-corrected chi connectivity index (χ0v) is 17.4. The number of ether oxygens (including phenoxy) is 2. The molecule has 0 radical (unpaired) electrons. The molecule has 8 heteroatoms. The van der Waals surface area contributed by atoms with Crippen molar-refractivity contribution in [2.24, 2.45) is 0 Å². The third-order valence-electron chi connectivity index (χ3n) is 5.90. The highest BCUT2D eigenvalue weighted by molar-refractivity contribution is 5.45. The van der Waals surface area contributed by atoms with Gasteiger partial charge < -0.3 is 19.3 Å². The van der Waals surface area contributed by atoms with E-state index in [0.29, 0.717) is 37.2 Å². The van der Waals surface area contributed by atoms with E-state index in [2.05, 4.69) is 14.8 Å². The van der Waals surface area contributed by atoms with Crippen LogP contribution < -0.4 is 20.1 Å². The Bertz CT molecular complexity index is 913. The second kappa shape index (κ2) is 9.47. The Morgan fingerprint density at radius 1 is 1.20 bits per heavy atom. The molecule has 2 fully saturated rings. The fraction of sp³-hybridized carbons (Fsp3) is 0.545. The number of H-pyrrole nitrogens is 1. The van der Waals surface area contributed by atoms with Gasteiger partial charge in [0.2, 0.25) is 5.95 Å². The number of halogens is 1. The van der Waals surface area contributed by atoms with Crippen LogP contribution in [0.25, 0.3) is 0 Å². The molecule has 0 aliphatic carbocycles. The maximum Gasteiger partial charge on any atom is 0.254 e. The molecule has 2 aromatic rings. The van der Waals surface area contributed by atoms with Crippen LogP contribution in [0.15, 0.2) is 29.1 Å². The van der Waals surface area contributed by atoms with E-state index in [1.54, 1.807) is 19.2 Å². The van der Waals surface area contributed by atoms with Gasteiger partial charge in [-0.1, -0.05) is 18.9 Å². The molecule has 1 unspecified atom stereocenters. The lowest BCUT2D eigenvalue weighted by Crippen LogP contribution is -2.41. The van der Waals surface area contributed by atoms with Gasteiger partial charge in [-0.25, -0.2) is 4.39 Å². The fourth-order valence-corrected chi connectivity index (χ4v) is 4.33. The Morgan fingerprint density at radius 2 is 2.03 bits per heavy atom. The summed E-state index contributed by atoms with van der Waals surface area (Å²) in [6, 6.07) is 6.39. The van der Waals surface area contributed by atoms with Crippen molar-refractivity contribution in [1.82, 2.24) is 9.97 Å². The number of hydrogen-bond acceptors (Lipinski definition) is 6. The molecule has 2 saturated heterocycles. The van der Waals surface area contributed by atoms with E-state index in [0.717, 1.165) is 50.9 Å². The van der Waals surface area contributed by atoms with E-state index in [1.165, 1.54) is 12.1 Å². The molecule has 162 valence electrons. The van der Waals surface area contributed by atoms with E-state index in [4.69, 9.17) is 14.5 Å². The van der Waals surface area contributed by atoms with Gasteiger partial charge in [0, 0.05) is 37.8 Å². The topological polar surface area (TPSA) is 70.7 Å². The van der Waals surface area contributed by atoms with Crippen molar-refractivity contribution in [2.45, 2.75) is 38.1 Å². The van der Waals surface area contributed by atoms with Crippen LogP contribution in [0.3, 0.4) is 0 Å². The average molecular weight is 416 g/mol. The Hall–Kier alpha value is -2.61. The third-order valence-corrected chi connectivity index (χ3v) is 5.90. The van der Waals surface area contributed by atoms with Crippen molar-refractivity contribution >= 4 is 11.8 Å². The molecule has 4 rings (SSSR count). The largest absolute Gasteiger partial charge is 0.496 e. The van der Waals surface area contributed by atoms with Gasteiger partial charge in [0.1, 0.15) is 17.4 Å². The Kier molecular flexibility index (Phi) is 6.52. The van der Waals surface area contributed by atoms with Gasteiger partial charge in [-0.05, 0) is 30.9 Å². The molecule has 2 aliphatic heterocycles. The smallest absolute Gasteiger partial charge is 0.254 e. The lowest BCUT2D eigenvalue weighted by molar-refractivity contribution is 0.122. The van der Waals surface area contributed by atoms with Crippen LogP contribution in [-0.2, 0) is 11.2 Å². The first-order chi connectivity index (χ1) is 14.6. The Labute approximate surface area is 175 Å². The van der Waals surface area contributed by atoms with Gasteiger partial charge in [0.25, 0.3) is 5.56 Å². The van der Waals surface area contributed by atoms with Crippen molar-refractivity contribution in [3.05, 3.63) is 46.0 Å². The maximum atomic E-state index is 13.6. The van der Waals surface area contributed by atoms with E-state index < -0.39 is 0 Å². The number of aromatic nitrogens is 2. The molecule has 1 atom stereocenters. The summed E-state index contributed by atoms with van der Waals surface area (Å²) in [4.78, 5) is 24.5. The summed E-state index contributed by atoms with van der Waals surface area (Å²) in [5, 5.41) is 0. The molecule has 2 aliphatic rings. The quantitative estimate of drug-likeness (QED) is 0.808. The van der Waals surface area contributed by atoms with Crippen molar-refractivity contribution in [3.63, 3.8) is 0 Å². The maximum absolute atomic E-state index is 13.6. The number of morpholine rings is 1. The predicted molar refractivity (Wildman–Crippen MR) is 114 cm³/mol. The van der Waals surface area contributed by atoms with E-state index in [9.17, 15) is 9.18 Å². The zero-order valence-electron chi connectivity index (χ0n) is 17.4. The first-order valence-corrected chi connectivity index (χ1v) is 10.7. The Balaban J connectivity index is 1.63. The second-order valence-corrected chi connectivity index (χ2v) is 7.88. The van der Waals surface area contributed by atoms with Gasteiger partial charge in [0.05, 0.1) is 20.3 Å². The molecular weight excluding hydrogens is 387 g/mol. The van der Waals surface area contributed by atoms with Crippen molar-refractivity contribution in [2.75, 3.05) is 49.8 Å². The van der Waals surface area contributed by atoms with Crippen LogP contribution in [0.4, 0.5) is 16.2 Å². The minimum Gasteiger partial charge on any atom is -0.496 e. The van der Waals surface area contributed by atoms with Gasteiger partial charge in [0.15, 0.2) is 0 Å². The summed E-state index contributed by atoms with van der Waals surface area (Å²) >= 11 is 0. The van der Waals surface area contributed by atoms with Crippen molar-refractivity contribution < 1.29 is 13.9 Å². The average Bonchev–Trinajstić information content (AvgIpc) is 3.00. The number of hydrogen-bond donors (Lipinski definition) is 1. The normalized spacial score (nSPS) is 20.1. The molecule has 1 aromatic heterocycles. The molecule has 30 heavy (non-hydrogen) atoms. The van der Waals surface area contributed by atoms with Crippen LogP contribution in [0.1, 0.15) is 31.2 Å². The standard InChI is InChI=1S/C22H29FN4O3/c1-29-19-14-17(23)7-6-16(19)13-18-5-3-2-4-8-27(18)22-24-20(15-21(28)25-22)26-9-11-30-12-10-26/h6-7,14-15,18H,2-5,8-13H2,1H3,(H,24,25,28). The molecule has 0 spiro atoms.